The second kappa shape index (κ2) is 14.4. The van der Waals surface area contributed by atoms with Crippen LogP contribution >= 0.6 is 0 Å². The molecule has 0 bridgehead atoms. The molecule has 0 aromatic heterocycles. The van der Waals surface area contributed by atoms with Crippen LogP contribution in [0.5, 0.6) is 0 Å². The van der Waals surface area contributed by atoms with E-state index in [4.69, 9.17) is 15.5 Å². The zero-order chi connectivity index (χ0) is 27.1. The summed E-state index contributed by atoms with van der Waals surface area (Å²) in [6.07, 6.45) is -35.5. The van der Waals surface area contributed by atoms with E-state index in [0.29, 0.717) is 0 Å². The van der Waals surface area contributed by atoms with Gasteiger partial charge in [-0.1, -0.05) is 0 Å². The maximum absolute atomic E-state index is 10.8. The van der Waals surface area contributed by atoms with Crippen molar-refractivity contribution in [3.63, 3.8) is 0 Å². The van der Waals surface area contributed by atoms with Crippen LogP contribution in [0.4, 0.5) is 0 Å². The van der Waals surface area contributed by atoms with Gasteiger partial charge in [0.05, 0.1) is 6.61 Å². The molecular formula is C16H32O18. The van der Waals surface area contributed by atoms with Crippen LogP contribution in [0.3, 0.4) is 0 Å². The second-order valence-electron chi connectivity index (χ2n) is 7.50. The van der Waals surface area contributed by atoms with Gasteiger partial charge in [0.1, 0.15) is 79.4 Å². The summed E-state index contributed by atoms with van der Waals surface area (Å²) in [7, 11) is 0. The summed E-state index contributed by atoms with van der Waals surface area (Å²) < 4.78 is 0. The van der Waals surface area contributed by atoms with Crippen LogP contribution in [0.25, 0.3) is 0 Å². The second-order valence-corrected chi connectivity index (χ2v) is 7.50. The quantitative estimate of drug-likeness (QED) is 0.0673. The van der Waals surface area contributed by atoms with Crippen molar-refractivity contribution in [2.45, 2.75) is 85.5 Å². The molecule has 0 amide bonds. The number of aliphatic carboxylic acids is 1. The summed E-state index contributed by atoms with van der Waals surface area (Å²) in [5.41, 5.74) is 0. The molecule has 0 aliphatic heterocycles. The highest BCUT2D eigenvalue weighted by Gasteiger charge is 2.46. The summed E-state index contributed by atoms with van der Waals surface area (Å²) >= 11 is 0. The topological polar surface area (TPSA) is 350 Å². The Hall–Kier alpha value is -1.17. The van der Waals surface area contributed by atoms with Gasteiger partial charge in [0.15, 0.2) is 0 Å². The van der Waals surface area contributed by atoms with Gasteiger partial charge in [-0.3, -0.25) is 5.26 Å². The molecule has 0 fully saturated rings. The van der Waals surface area contributed by atoms with Crippen molar-refractivity contribution in [2.24, 2.45) is 0 Å². The molecule has 14 atom stereocenters. The number of carbonyl (C=O) groups is 1. The first-order valence-electron chi connectivity index (χ1n) is 9.55. The Labute approximate surface area is 190 Å². The molecule has 0 aliphatic carbocycles. The number of carboxylic acid groups (broad SMARTS) is 1. The largest absolute Gasteiger partial charge is 0.479 e. The number of carboxylic acids is 1. The normalized spacial score (nSPS) is 24.9. The van der Waals surface area contributed by atoms with Gasteiger partial charge in [0.25, 0.3) is 0 Å². The maximum atomic E-state index is 10.8. The van der Waals surface area contributed by atoms with Crippen LogP contribution in [0.2, 0.25) is 0 Å². The highest BCUT2D eigenvalue weighted by Crippen LogP contribution is 2.19. The molecule has 0 saturated carbocycles. The minimum Gasteiger partial charge on any atom is -0.479 e. The highest BCUT2D eigenvalue weighted by atomic mass is 17.1. The third-order valence-electron chi connectivity index (χ3n) is 5.10. The number of aliphatic hydroxyl groups excluding tert-OH is 14. The van der Waals surface area contributed by atoms with Gasteiger partial charge in [0.2, 0.25) is 6.10 Å². The maximum Gasteiger partial charge on any atom is 0.339 e. The van der Waals surface area contributed by atoms with Gasteiger partial charge in [-0.25, -0.2) is 9.68 Å². The Morgan fingerprint density at radius 1 is 0.500 bits per heavy atom. The van der Waals surface area contributed by atoms with E-state index in [1.807, 2.05) is 0 Å². The molecule has 0 rings (SSSR count). The van der Waals surface area contributed by atoms with E-state index in [-0.39, 0.29) is 0 Å². The van der Waals surface area contributed by atoms with Gasteiger partial charge in [0, 0.05) is 0 Å². The lowest BCUT2D eigenvalue weighted by Gasteiger charge is -2.36. The molecule has 0 saturated heterocycles. The van der Waals surface area contributed by atoms with E-state index in [1.54, 1.807) is 0 Å². The van der Waals surface area contributed by atoms with Crippen molar-refractivity contribution >= 4 is 5.97 Å². The first kappa shape index (κ1) is 32.8. The molecule has 18 nitrogen and oxygen atoms in total. The summed E-state index contributed by atoms with van der Waals surface area (Å²) in [5.74, 6) is -2.01. The lowest BCUT2D eigenvalue weighted by atomic mass is 9.88. The minimum absolute atomic E-state index is 1.07. The van der Waals surface area contributed by atoms with Crippen LogP contribution in [-0.4, -0.2) is 180 Å². The van der Waals surface area contributed by atoms with Crippen molar-refractivity contribution in [1.82, 2.24) is 0 Å². The molecular weight excluding hydrogens is 480 g/mol. The van der Waals surface area contributed by atoms with Gasteiger partial charge in [-0.15, -0.1) is 0 Å². The Kier molecular flexibility index (Phi) is 13.9. The molecule has 204 valence electrons. The fourth-order valence-electron chi connectivity index (χ4n) is 2.79. The van der Waals surface area contributed by atoms with E-state index in [0.717, 1.165) is 0 Å². The van der Waals surface area contributed by atoms with Crippen molar-refractivity contribution in [1.29, 1.82) is 0 Å². The monoisotopic (exact) mass is 512 g/mol. The van der Waals surface area contributed by atoms with E-state index in [2.05, 4.69) is 4.89 Å². The predicted molar refractivity (Wildman–Crippen MR) is 100 cm³/mol. The Balaban J connectivity index is 5.31. The molecule has 18 heteroatoms. The molecule has 0 aromatic carbocycles. The third kappa shape index (κ3) is 7.93. The number of aliphatic hydroxyl groups is 14. The van der Waals surface area contributed by atoms with E-state index in [1.165, 1.54) is 0 Å². The molecule has 0 heterocycles. The zero-order valence-corrected chi connectivity index (χ0v) is 17.3. The smallest absolute Gasteiger partial charge is 0.339 e. The van der Waals surface area contributed by atoms with Gasteiger partial charge < -0.3 is 76.6 Å². The van der Waals surface area contributed by atoms with E-state index in [9.17, 15) is 71.2 Å². The van der Waals surface area contributed by atoms with Crippen LogP contribution < -0.4 is 0 Å². The zero-order valence-electron chi connectivity index (χ0n) is 17.3. The number of hydrogen-bond donors (Lipinski definition) is 16. The van der Waals surface area contributed by atoms with E-state index >= 15 is 0 Å². The molecule has 0 spiro atoms. The average molecular weight is 512 g/mol. The highest BCUT2D eigenvalue weighted by molar-refractivity contribution is 5.73. The van der Waals surface area contributed by atoms with Crippen molar-refractivity contribution in [3.05, 3.63) is 0 Å². The summed E-state index contributed by atoms with van der Waals surface area (Å²) in [4.78, 5) is 14.2. The first-order valence-corrected chi connectivity index (χ1v) is 9.55. The average Bonchev–Trinajstić information content (AvgIpc) is 2.82. The molecule has 16 N–H and O–H groups in total. The number of rotatable bonds is 16. The Morgan fingerprint density at radius 3 is 0.941 bits per heavy atom. The Morgan fingerprint density at radius 2 is 0.735 bits per heavy atom. The molecule has 0 aliphatic rings. The van der Waals surface area contributed by atoms with Crippen molar-refractivity contribution in [2.75, 3.05) is 6.61 Å². The lowest BCUT2D eigenvalue weighted by molar-refractivity contribution is -0.303. The molecule has 14 unspecified atom stereocenters. The Bertz CT molecular complexity index is 594. The molecule has 0 radical (unpaired) electrons. The van der Waals surface area contributed by atoms with Crippen LogP contribution in [0.1, 0.15) is 0 Å². The fourth-order valence-corrected chi connectivity index (χ4v) is 2.79. The summed E-state index contributed by atoms with van der Waals surface area (Å²) in [6.45, 7) is -1.07. The van der Waals surface area contributed by atoms with Crippen LogP contribution in [0, 0.1) is 0 Å². The van der Waals surface area contributed by atoms with Gasteiger partial charge >= 0.3 is 5.97 Å². The SMILES string of the molecule is O=C(O)C(OO)C(O)C(O)C(O)C(O)C(O)C(O)C(O)C(O)C(O)C(O)C(O)C(O)C(O)CO. The van der Waals surface area contributed by atoms with Crippen molar-refractivity contribution < 1.29 is 91.5 Å². The van der Waals surface area contributed by atoms with E-state index < -0.39 is 98.0 Å². The van der Waals surface area contributed by atoms with Crippen LogP contribution in [0.15, 0.2) is 0 Å². The lowest BCUT2D eigenvalue weighted by Crippen LogP contribution is -2.60. The summed E-state index contributed by atoms with van der Waals surface area (Å²) in [5, 5.41) is 153. The van der Waals surface area contributed by atoms with Gasteiger partial charge in [-0.05, 0) is 0 Å². The molecule has 34 heavy (non-hydrogen) atoms. The third-order valence-corrected chi connectivity index (χ3v) is 5.10. The number of hydrogen-bond acceptors (Lipinski definition) is 17. The minimum atomic E-state index is -2.68. The van der Waals surface area contributed by atoms with Gasteiger partial charge in [-0.2, -0.15) is 0 Å². The van der Waals surface area contributed by atoms with Crippen LogP contribution in [-0.2, 0) is 9.68 Å². The standard InChI is InChI=1S/C16H32O18/c17-1-2(18)3(19)4(20)5(21)6(22)7(23)8(24)9(25)10(26)11(27)12(28)13(29)14(30)15(34-33)16(31)32/h2-15,17-30,33H,1H2,(H,31,32). The van der Waals surface area contributed by atoms with Crippen molar-refractivity contribution in [3.8, 4) is 0 Å². The predicted octanol–water partition coefficient (Wildman–Crippen LogP) is -9.39. The fraction of sp³-hybridized carbons (Fsp3) is 0.938. The molecule has 0 aromatic rings. The summed E-state index contributed by atoms with van der Waals surface area (Å²) in [6, 6.07) is 0. The first-order chi connectivity index (χ1) is 15.6.